The number of hydrogen-bond acceptors (Lipinski definition) is 15. The number of aryl methyl sites for hydroxylation is 2. The number of hydrogen-bond donors (Lipinski definition) is 3. The van der Waals surface area contributed by atoms with Crippen LogP contribution in [0.25, 0.3) is 38.8 Å². The van der Waals surface area contributed by atoms with Crippen molar-refractivity contribution in [2.24, 2.45) is 16.1 Å². The summed E-state index contributed by atoms with van der Waals surface area (Å²) in [4.78, 5) is 79.1. The van der Waals surface area contributed by atoms with Crippen LogP contribution in [0.2, 0.25) is 0 Å². The second-order valence-corrected chi connectivity index (χ2v) is 21.5. The molecule has 3 aliphatic heterocycles. The predicted octanol–water partition coefficient (Wildman–Crippen LogP) is 9.58. The Morgan fingerprint density at radius 2 is 1.66 bits per heavy atom. The third-order valence-electron chi connectivity index (χ3n) is 15.8. The number of methoxy groups -OCH3 is 1. The Hall–Kier alpha value is -10.0. The molecule has 0 unspecified atom stereocenters. The fraction of sp³-hybridized carbons (Fsp3) is 0.344. The Morgan fingerprint density at radius 1 is 0.885 bits per heavy atom. The molecule has 0 bridgehead atoms. The number of esters is 1. The average molecular weight is 1200 g/mol. The number of pyridine rings is 1. The Balaban J connectivity index is 0.618. The number of amides is 5. The van der Waals surface area contributed by atoms with Crippen LogP contribution in [0.4, 0.5) is 38.9 Å². The van der Waals surface area contributed by atoms with Crippen LogP contribution in [0.3, 0.4) is 0 Å². The van der Waals surface area contributed by atoms with E-state index in [4.69, 9.17) is 23.7 Å². The van der Waals surface area contributed by atoms with Gasteiger partial charge in [-0.3, -0.25) is 18.6 Å². The Morgan fingerprint density at radius 3 is 2.44 bits per heavy atom. The SMILES string of the molecule is CC[C@@H]1CN(C(=O)NCC(F)(F)F)C[C@@H]1c1cnc2cnc3c(ccn3C(=O)N(C)CCN(C)C(=O)OCc3ccc(/N=N/c4ccc(O)c(C(=O)NCCCCC(=O)Oc5c(OC)ccc6cc7[n+](cc56)CCc5cc6c(cc5-7)OCO6)c4)cc3)n12. The number of aromatic nitrogens is 5. The maximum atomic E-state index is 13.8. The fourth-order valence-corrected chi connectivity index (χ4v) is 11.0. The molecular formula is C61H62F3N12O11+. The molecule has 3 N–H and O–H groups in total. The first-order valence-corrected chi connectivity index (χ1v) is 28.3. The highest BCUT2D eigenvalue weighted by Gasteiger charge is 2.39. The van der Waals surface area contributed by atoms with Gasteiger partial charge in [0.25, 0.3) is 5.91 Å². The van der Waals surface area contributed by atoms with Crippen molar-refractivity contribution < 1.29 is 70.5 Å². The highest BCUT2D eigenvalue weighted by atomic mass is 19.4. The van der Waals surface area contributed by atoms with Crippen molar-refractivity contribution in [1.82, 2.24) is 44.3 Å². The second-order valence-electron chi connectivity index (χ2n) is 21.5. The van der Waals surface area contributed by atoms with E-state index in [2.05, 4.69) is 36.1 Å². The van der Waals surface area contributed by atoms with E-state index in [0.717, 1.165) is 46.4 Å². The number of imidazole rings is 1. The van der Waals surface area contributed by atoms with E-state index in [1.165, 1.54) is 56.3 Å². The molecule has 87 heavy (non-hydrogen) atoms. The zero-order valence-electron chi connectivity index (χ0n) is 48.0. The van der Waals surface area contributed by atoms with Crippen LogP contribution < -0.4 is 34.1 Å². The number of nitrogens with zero attached hydrogens (tertiary/aromatic N) is 10. The molecule has 1 fully saturated rings. The quantitative estimate of drug-likeness (QED) is 0.0238. The fourth-order valence-electron chi connectivity index (χ4n) is 11.0. The van der Waals surface area contributed by atoms with Crippen molar-refractivity contribution >= 4 is 69.0 Å². The monoisotopic (exact) mass is 1200 g/mol. The third kappa shape index (κ3) is 12.7. The first-order valence-electron chi connectivity index (χ1n) is 28.3. The molecular weight excluding hydrogens is 1130 g/mol. The molecule has 23 nitrogen and oxygen atoms in total. The topological polar surface area (TPSA) is 249 Å². The Bertz CT molecular complexity index is 4000. The van der Waals surface area contributed by atoms with Gasteiger partial charge in [-0.05, 0) is 95.9 Å². The Kier molecular flexibility index (Phi) is 16.8. The number of azo groups is 1. The zero-order valence-corrected chi connectivity index (χ0v) is 48.0. The van der Waals surface area contributed by atoms with Gasteiger partial charge in [-0.15, -0.1) is 0 Å². The van der Waals surface area contributed by atoms with E-state index >= 15 is 0 Å². The van der Waals surface area contributed by atoms with Gasteiger partial charge < -0.3 is 54.1 Å². The van der Waals surface area contributed by atoms with Crippen LogP contribution in [0.5, 0.6) is 28.7 Å². The molecule has 3 aliphatic rings. The predicted molar refractivity (Wildman–Crippen MR) is 309 cm³/mol. The molecule has 0 spiro atoms. The molecule has 4 aromatic carbocycles. The summed E-state index contributed by atoms with van der Waals surface area (Å²) in [7, 11) is 4.66. The van der Waals surface area contributed by atoms with Crippen LogP contribution in [0.15, 0.2) is 114 Å². The van der Waals surface area contributed by atoms with Crippen molar-refractivity contribution in [1.29, 1.82) is 0 Å². The van der Waals surface area contributed by atoms with Gasteiger partial charge in [0.15, 0.2) is 47.0 Å². The number of unbranched alkanes of at least 4 members (excludes halogenated alkanes) is 1. The number of aromatic hydroxyl groups is 1. The van der Waals surface area contributed by atoms with E-state index in [-0.39, 0.29) is 75.7 Å². The van der Waals surface area contributed by atoms with E-state index in [1.54, 1.807) is 62.9 Å². The number of urea groups is 1. The van der Waals surface area contributed by atoms with Gasteiger partial charge in [0.05, 0.1) is 46.7 Å². The van der Waals surface area contributed by atoms with Crippen LogP contribution in [-0.4, -0.2) is 142 Å². The number of carbonyl (C=O) groups excluding carboxylic acids is 5. The number of alkyl halides is 3. The number of rotatable bonds is 18. The first kappa shape index (κ1) is 58.8. The number of fused-ring (bicyclic) bond motifs is 8. The van der Waals surface area contributed by atoms with Crippen molar-refractivity contribution in [3.63, 3.8) is 0 Å². The molecule has 5 amide bonds. The summed E-state index contributed by atoms with van der Waals surface area (Å²) >= 11 is 0. The minimum Gasteiger partial charge on any atom is -0.507 e. The molecule has 0 saturated carbocycles. The largest absolute Gasteiger partial charge is 0.507 e. The van der Waals surface area contributed by atoms with E-state index in [1.807, 2.05) is 41.0 Å². The van der Waals surface area contributed by atoms with Gasteiger partial charge in [-0.25, -0.2) is 24.4 Å². The van der Waals surface area contributed by atoms with Crippen molar-refractivity contribution in [2.45, 2.75) is 64.3 Å². The number of carbonyl (C=O) groups is 5. The lowest BCUT2D eigenvalue weighted by Crippen LogP contribution is -2.42. The molecule has 11 rings (SSSR count). The summed E-state index contributed by atoms with van der Waals surface area (Å²) in [6, 6.07) is 21.4. The summed E-state index contributed by atoms with van der Waals surface area (Å²) in [6.07, 6.45) is 4.01. The summed E-state index contributed by atoms with van der Waals surface area (Å²) in [5.41, 5.74) is 6.82. The maximum absolute atomic E-state index is 13.8. The van der Waals surface area contributed by atoms with Gasteiger partial charge in [-0.1, -0.05) is 25.5 Å². The molecule has 452 valence electrons. The summed E-state index contributed by atoms with van der Waals surface area (Å²) in [6.45, 7) is 2.34. The van der Waals surface area contributed by atoms with Crippen LogP contribution in [-0.2, 0) is 29.1 Å². The van der Waals surface area contributed by atoms with Gasteiger partial charge >= 0.3 is 30.3 Å². The number of halogens is 3. The average Bonchev–Trinajstić information content (AvgIpc) is 1.83. The highest BCUT2D eigenvalue weighted by Crippen LogP contribution is 2.42. The number of likely N-dealkylation sites (N-methyl/N-ethyl adjacent to an activating group) is 2. The molecule has 8 aromatic rings. The van der Waals surface area contributed by atoms with Crippen LogP contribution in [0, 0.1) is 5.92 Å². The zero-order chi connectivity index (χ0) is 61.1. The van der Waals surface area contributed by atoms with Gasteiger partial charge in [-0.2, -0.15) is 28.0 Å². The molecule has 0 aliphatic carbocycles. The summed E-state index contributed by atoms with van der Waals surface area (Å²) in [5, 5.41) is 25.4. The van der Waals surface area contributed by atoms with Gasteiger partial charge in [0.1, 0.15) is 18.9 Å². The molecule has 0 radical (unpaired) electrons. The van der Waals surface area contributed by atoms with E-state index in [9.17, 15) is 42.3 Å². The van der Waals surface area contributed by atoms with Crippen molar-refractivity contribution in [2.75, 3.05) is 67.3 Å². The maximum Gasteiger partial charge on any atom is 0.409 e. The number of benzene rings is 4. The van der Waals surface area contributed by atoms with Crippen molar-refractivity contribution in [3.8, 4) is 40.0 Å². The lowest BCUT2D eigenvalue weighted by atomic mass is 9.91. The van der Waals surface area contributed by atoms with Gasteiger partial charge in [0.2, 0.25) is 12.5 Å². The minimum absolute atomic E-state index is 0.00633. The molecule has 26 heteroatoms. The highest BCUT2D eigenvalue weighted by molar-refractivity contribution is 5.98. The summed E-state index contributed by atoms with van der Waals surface area (Å²) in [5.74, 6) is 0.680. The van der Waals surface area contributed by atoms with Crippen molar-refractivity contribution in [3.05, 3.63) is 126 Å². The Labute approximate surface area is 495 Å². The first-order chi connectivity index (χ1) is 41.9. The normalized spacial score (nSPS) is 15.2. The van der Waals surface area contributed by atoms with E-state index in [0.29, 0.717) is 70.3 Å². The van der Waals surface area contributed by atoms with Crippen LogP contribution in [0.1, 0.15) is 65.7 Å². The van der Waals surface area contributed by atoms with Gasteiger partial charge in [0, 0.05) is 89.7 Å². The third-order valence-corrected chi connectivity index (χ3v) is 15.8. The molecule has 2 atom stereocenters. The lowest BCUT2D eigenvalue weighted by Gasteiger charge is -2.22. The molecule has 7 heterocycles. The number of nitrogens with one attached hydrogen (secondary N) is 2. The minimum atomic E-state index is -4.54. The standard InChI is InChI=1S/C61H61F3N12O11/c1-5-37-30-74(58(80)68-34-61(62,63)64)31-44(37)48-28-66-53-29-67-56-46(76(48)53)18-21-75(56)59(81)71(2)22-23-72(3)60(82)84-33-36-9-12-40(13-10-36)69-70-41-14-15-49(77)43(26-41)57(79)65-19-7-6-8-54(78)87-55-45-32-73-20-17-39-25-51-52(86-35-85-51)27-42(39)47(73)24-38(45)11-16-50(55)83-4/h9-16,18,21,24-29,32,37,44H,5-8,17,19-20,22-23,30-31,33-35H2,1-4H3,(H2-,65,68,69,77,79,80)/p+1/t37-,44+/m1/s1. The lowest BCUT2D eigenvalue weighted by molar-refractivity contribution is -0.686. The molecule has 1 saturated heterocycles. The number of ether oxygens (including phenoxy) is 5. The number of phenolic OH excluding ortho intramolecular Hbond substituents is 1. The second kappa shape index (κ2) is 24.9. The number of phenols is 1. The van der Waals surface area contributed by atoms with Crippen LogP contribution >= 0.6 is 0 Å². The molecule has 4 aromatic heterocycles. The number of likely N-dealkylation sites (tertiary alicyclic amines) is 1. The summed E-state index contributed by atoms with van der Waals surface area (Å²) < 4.78 is 72.3. The van der Waals surface area contributed by atoms with E-state index < -0.39 is 42.8 Å². The smallest absolute Gasteiger partial charge is 0.409 e.